The van der Waals surface area contributed by atoms with Gasteiger partial charge in [-0.05, 0) is 6.92 Å². The highest BCUT2D eigenvalue weighted by Gasteiger charge is 2.22. The molecule has 0 aliphatic heterocycles. The van der Waals surface area contributed by atoms with Gasteiger partial charge in [-0.15, -0.1) is 0 Å². The summed E-state index contributed by atoms with van der Waals surface area (Å²) in [6.45, 7) is 1.77. The van der Waals surface area contributed by atoms with Gasteiger partial charge in [-0.3, -0.25) is 4.79 Å². The van der Waals surface area contributed by atoms with Crippen molar-refractivity contribution in [1.29, 1.82) is 0 Å². The van der Waals surface area contributed by atoms with E-state index in [0.717, 1.165) is 0 Å². The zero-order valence-corrected chi connectivity index (χ0v) is 10.2. The third kappa shape index (κ3) is 5.06. The molecule has 5 N–H and O–H groups in total. The molecule has 0 saturated carbocycles. The molecule has 0 aromatic carbocycles. The second-order valence-corrected chi connectivity index (χ2v) is 3.82. The Labute approximate surface area is 108 Å². The van der Waals surface area contributed by atoms with E-state index in [2.05, 4.69) is 15.8 Å². The summed E-state index contributed by atoms with van der Waals surface area (Å²) in [5, 5.41) is 16.9. The molecule has 3 amide bonds. The van der Waals surface area contributed by atoms with Gasteiger partial charge >= 0.3 is 12.0 Å². The number of primary amides is 1. The number of nitrogens with two attached hydrogens (primary N) is 1. The smallest absolute Gasteiger partial charge is 0.326 e. The summed E-state index contributed by atoms with van der Waals surface area (Å²) in [4.78, 5) is 32.8. The van der Waals surface area contributed by atoms with Gasteiger partial charge in [0, 0.05) is 6.07 Å². The maximum atomic E-state index is 11.4. The number of carboxylic acids is 1. The second-order valence-electron chi connectivity index (χ2n) is 3.82. The Kier molecular flexibility index (Phi) is 4.86. The van der Waals surface area contributed by atoms with Crippen molar-refractivity contribution in [3.63, 3.8) is 0 Å². The van der Waals surface area contributed by atoms with E-state index >= 15 is 0 Å². The van der Waals surface area contributed by atoms with E-state index < -0.39 is 30.4 Å². The van der Waals surface area contributed by atoms with Gasteiger partial charge in [0.1, 0.15) is 6.04 Å². The van der Waals surface area contributed by atoms with Gasteiger partial charge in [0.15, 0.2) is 5.76 Å². The van der Waals surface area contributed by atoms with Crippen molar-refractivity contribution in [2.45, 2.75) is 25.9 Å². The number of aromatic nitrogens is 1. The first-order chi connectivity index (χ1) is 8.88. The molecule has 19 heavy (non-hydrogen) atoms. The van der Waals surface area contributed by atoms with Crippen LogP contribution in [0, 0.1) is 6.92 Å². The van der Waals surface area contributed by atoms with Crippen LogP contribution in [-0.2, 0) is 16.1 Å². The molecule has 0 aliphatic rings. The van der Waals surface area contributed by atoms with Gasteiger partial charge < -0.3 is 26.0 Å². The Balaban J connectivity index is 2.44. The molecule has 0 saturated heterocycles. The van der Waals surface area contributed by atoms with Crippen LogP contribution < -0.4 is 16.4 Å². The lowest BCUT2D eigenvalue weighted by molar-refractivity contribution is -0.140. The van der Waals surface area contributed by atoms with E-state index in [0.29, 0.717) is 11.5 Å². The van der Waals surface area contributed by atoms with Crippen LogP contribution in [0.4, 0.5) is 4.79 Å². The van der Waals surface area contributed by atoms with Crippen LogP contribution in [0.1, 0.15) is 17.9 Å². The van der Waals surface area contributed by atoms with Gasteiger partial charge in [0.25, 0.3) is 0 Å². The maximum Gasteiger partial charge on any atom is 0.326 e. The average molecular weight is 270 g/mol. The zero-order valence-electron chi connectivity index (χ0n) is 10.2. The van der Waals surface area contributed by atoms with Crippen molar-refractivity contribution in [3.8, 4) is 0 Å². The molecule has 0 fully saturated rings. The van der Waals surface area contributed by atoms with Crippen LogP contribution >= 0.6 is 0 Å². The lowest BCUT2D eigenvalue weighted by Gasteiger charge is -2.12. The number of nitrogens with one attached hydrogen (secondary N) is 2. The van der Waals surface area contributed by atoms with Crippen molar-refractivity contribution in [3.05, 3.63) is 17.5 Å². The van der Waals surface area contributed by atoms with Crippen LogP contribution in [0.15, 0.2) is 10.6 Å². The molecule has 1 aromatic rings. The van der Waals surface area contributed by atoms with Crippen molar-refractivity contribution in [2.24, 2.45) is 5.73 Å². The number of carboxylic acid groups (broad SMARTS) is 1. The average Bonchev–Trinajstić information content (AvgIpc) is 2.71. The molecule has 1 unspecified atom stereocenters. The molecule has 1 rings (SSSR count). The number of urea groups is 1. The first-order valence-electron chi connectivity index (χ1n) is 5.36. The van der Waals surface area contributed by atoms with Crippen molar-refractivity contribution < 1.29 is 24.0 Å². The first-order valence-corrected chi connectivity index (χ1v) is 5.36. The first kappa shape index (κ1) is 14.5. The maximum absolute atomic E-state index is 11.4. The van der Waals surface area contributed by atoms with Crippen molar-refractivity contribution in [1.82, 2.24) is 15.8 Å². The highest BCUT2D eigenvalue weighted by molar-refractivity contribution is 5.87. The molecular weight excluding hydrogens is 256 g/mol. The Bertz CT molecular complexity index is 484. The Morgan fingerprint density at radius 2 is 2.21 bits per heavy atom. The number of rotatable bonds is 6. The van der Waals surface area contributed by atoms with E-state index in [1.807, 2.05) is 0 Å². The number of hydrogen-bond acceptors (Lipinski definition) is 5. The van der Waals surface area contributed by atoms with Crippen LogP contribution in [0.2, 0.25) is 0 Å². The highest BCUT2D eigenvalue weighted by Crippen LogP contribution is 2.01. The SMILES string of the molecule is Cc1cc(CNC(=O)NC(CC(N)=O)C(=O)O)on1. The topological polar surface area (TPSA) is 148 Å². The Morgan fingerprint density at radius 1 is 1.53 bits per heavy atom. The number of carbonyl (C=O) groups is 3. The van der Waals surface area contributed by atoms with E-state index in [1.165, 1.54) is 0 Å². The molecule has 1 aromatic heterocycles. The van der Waals surface area contributed by atoms with Gasteiger partial charge in [-0.1, -0.05) is 5.16 Å². The standard InChI is InChI=1S/C10H14N4O5/c1-5-2-6(19-14-5)4-12-10(18)13-7(9(16)17)3-8(11)15/h2,7H,3-4H2,1H3,(H2,11,15)(H,16,17)(H2,12,13,18). The fourth-order valence-corrected chi connectivity index (χ4v) is 1.28. The van der Waals surface area contributed by atoms with Gasteiger partial charge in [0.2, 0.25) is 5.91 Å². The Morgan fingerprint density at radius 3 is 2.68 bits per heavy atom. The van der Waals surface area contributed by atoms with Crippen molar-refractivity contribution in [2.75, 3.05) is 0 Å². The Hall–Kier alpha value is -2.58. The minimum atomic E-state index is -1.37. The minimum absolute atomic E-state index is 0.0512. The van der Waals surface area contributed by atoms with E-state index in [1.54, 1.807) is 13.0 Å². The summed E-state index contributed by atoms with van der Waals surface area (Å²) < 4.78 is 4.85. The van der Waals surface area contributed by atoms with E-state index in [4.69, 9.17) is 15.4 Å². The van der Waals surface area contributed by atoms with Gasteiger partial charge in [-0.2, -0.15) is 0 Å². The lowest BCUT2D eigenvalue weighted by atomic mass is 10.2. The number of carbonyl (C=O) groups excluding carboxylic acids is 2. The monoisotopic (exact) mass is 270 g/mol. The van der Waals surface area contributed by atoms with Crippen LogP contribution in [0.25, 0.3) is 0 Å². The molecular formula is C10H14N4O5. The molecule has 0 spiro atoms. The molecule has 9 heteroatoms. The normalized spacial score (nSPS) is 11.6. The van der Waals surface area contributed by atoms with Crippen LogP contribution in [0.3, 0.4) is 0 Å². The summed E-state index contributed by atoms with van der Waals surface area (Å²) in [5.41, 5.74) is 5.54. The number of hydrogen-bond donors (Lipinski definition) is 4. The number of aliphatic carboxylic acids is 1. The number of nitrogens with zero attached hydrogens (tertiary/aromatic N) is 1. The van der Waals surface area contributed by atoms with Crippen molar-refractivity contribution >= 4 is 17.9 Å². The highest BCUT2D eigenvalue weighted by atomic mass is 16.5. The lowest BCUT2D eigenvalue weighted by Crippen LogP contribution is -2.47. The van der Waals surface area contributed by atoms with Gasteiger partial charge in [0.05, 0.1) is 18.7 Å². The summed E-state index contributed by atoms with van der Waals surface area (Å²) in [6.07, 6.45) is -0.482. The molecule has 1 atom stereocenters. The molecule has 104 valence electrons. The van der Waals surface area contributed by atoms with E-state index in [-0.39, 0.29) is 6.54 Å². The third-order valence-electron chi connectivity index (χ3n) is 2.11. The predicted octanol–water partition coefficient (Wildman–Crippen LogP) is -0.889. The molecule has 9 nitrogen and oxygen atoms in total. The fourth-order valence-electron chi connectivity index (χ4n) is 1.28. The van der Waals surface area contributed by atoms with Crippen LogP contribution in [-0.4, -0.2) is 34.2 Å². The molecule has 0 bridgehead atoms. The van der Waals surface area contributed by atoms with Crippen LogP contribution in [0.5, 0.6) is 0 Å². The fraction of sp³-hybridized carbons (Fsp3) is 0.400. The quantitative estimate of drug-likeness (QED) is 0.527. The second kappa shape index (κ2) is 6.38. The summed E-state index contributed by atoms with van der Waals surface area (Å²) >= 11 is 0. The molecule has 0 aliphatic carbocycles. The summed E-state index contributed by atoms with van der Waals surface area (Å²) in [6, 6.07) is -0.491. The minimum Gasteiger partial charge on any atom is -0.480 e. The zero-order chi connectivity index (χ0) is 14.4. The number of aryl methyl sites for hydroxylation is 1. The molecule has 0 radical (unpaired) electrons. The molecule has 1 heterocycles. The largest absolute Gasteiger partial charge is 0.480 e. The summed E-state index contributed by atoms with van der Waals surface area (Å²) in [5.74, 6) is -1.74. The third-order valence-corrected chi connectivity index (χ3v) is 2.11. The predicted molar refractivity (Wildman–Crippen MR) is 61.8 cm³/mol. The summed E-state index contributed by atoms with van der Waals surface area (Å²) in [7, 11) is 0. The number of amides is 3. The van der Waals surface area contributed by atoms with Gasteiger partial charge in [-0.25, -0.2) is 9.59 Å². The van der Waals surface area contributed by atoms with E-state index in [9.17, 15) is 14.4 Å².